The van der Waals surface area contributed by atoms with E-state index in [0.29, 0.717) is 6.54 Å². The predicted molar refractivity (Wildman–Crippen MR) is 40.9 cm³/mol. The first-order chi connectivity index (χ1) is 4.86. The SMILES string of the molecule is CCN1CCO[C@@H](CN)C1. The maximum absolute atomic E-state index is 5.47. The number of nitrogens with two attached hydrogens (primary N) is 1. The van der Waals surface area contributed by atoms with Gasteiger partial charge in [-0.25, -0.2) is 0 Å². The topological polar surface area (TPSA) is 38.5 Å². The first kappa shape index (κ1) is 7.98. The highest BCUT2D eigenvalue weighted by Gasteiger charge is 2.16. The largest absolute Gasteiger partial charge is 0.374 e. The van der Waals surface area contributed by atoms with Crippen molar-refractivity contribution in [1.29, 1.82) is 0 Å². The highest BCUT2D eigenvalue weighted by atomic mass is 16.5. The predicted octanol–water partition coefficient (Wildman–Crippen LogP) is -0.334. The molecule has 0 amide bonds. The summed E-state index contributed by atoms with van der Waals surface area (Å²) in [7, 11) is 0. The molecule has 1 aliphatic heterocycles. The van der Waals surface area contributed by atoms with Crippen molar-refractivity contribution in [3.63, 3.8) is 0 Å². The Kier molecular flexibility index (Phi) is 3.12. The lowest BCUT2D eigenvalue weighted by molar-refractivity contribution is -0.0212. The number of rotatable bonds is 2. The van der Waals surface area contributed by atoms with Gasteiger partial charge in [0.15, 0.2) is 0 Å². The summed E-state index contributed by atoms with van der Waals surface area (Å²) in [6.45, 7) is 6.84. The van der Waals surface area contributed by atoms with E-state index in [1.54, 1.807) is 0 Å². The fraction of sp³-hybridized carbons (Fsp3) is 1.00. The lowest BCUT2D eigenvalue weighted by Crippen LogP contribution is -2.45. The molecule has 1 heterocycles. The van der Waals surface area contributed by atoms with Crippen LogP contribution in [0.25, 0.3) is 0 Å². The standard InChI is InChI=1S/C7H16N2O/c1-2-9-3-4-10-7(5-8)6-9/h7H,2-6,8H2,1H3/t7-/m0/s1. The number of morpholine rings is 1. The Hall–Kier alpha value is -0.120. The molecule has 60 valence electrons. The summed E-state index contributed by atoms with van der Waals surface area (Å²) >= 11 is 0. The van der Waals surface area contributed by atoms with Crippen LogP contribution in [0.4, 0.5) is 0 Å². The smallest absolute Gasteiger partial charge is 0.0824 e. The highest BCUT2D eigenvalue weighted by molar-refractivity contribution is 4.70. The second kappa shape index (κ2) is 3.91. The summed E-state index contributed by atoms with van der Waals surface area (Å²) < 4.78 is 5.39. The molecule has 3 heteroatoms. The number of hydrogen-bond acceptors (Lipinski definition) is 3. The molecule has 0 spiro atoms. The molecule has 0 aromatic heterocycles. The fourth-order valence-electron chi connectivity index (χ4n) is 1.21. The van der Waals surface area contributed by atoms with E-state index in [1.807, 2.05) is 0 Å². The third kappa shape index (κ3) is 1.94. The molecule has 2 N–H and O–H groups in total. The molecule has 0 saturated carbocycles. The van der Waals surface area contributed by atoms with Gasteiger partial charge in [0.2, 0.25) is 0 Å². The van der Waals surface area contributed by atoms with Crippen molar-refractivity contribution < 1.29 is 4.74 Å². The van der Waals surface area contributed by atoms with Crippen LogP contribution in [-0.4, -0.2) is 43.8 Å². The Morgan fingerprint density at radius 1 is 1.70 bits per heavy atom. The summed E-state index contributed by atoms with van der Waals surface area (Å²) in [5, 5.41) is 0. The zero-order valence-corrected chi connectivity index (χ0v) is 6.55. The Bertz CT molecular complexity index is 87.6. The Morgan fingerprint density at radius 2 is 2.50 bits per heavy atom. The monoisotopic (exact) mass is 144 g/mol. The molecule has 0 aliphatic carbocycles. The van der Waals surface area contributed by atoms with Crippen LogP contribution in [0.2, 0.25) is 0 Å². The second-order valence-electron chi connectivity index (χ2n) is 2.62. The Morgan fingerprint density at radius 3 is 3.10 bits per heavy atom. The van der Waals surface area contributed by atoms with Gasteiger partial charge in [-0.2, -0.15) is 0 Å². The van der Waals surface area contributed by atoms with E-state index in [-0.39, 0.29) is 6.10 Å². The average molecular weight is 144 g/mol. The van der Waals surface area contributed by atoms with Gasteiger partial charge >= 0.3 is 0 Å². The van der Waals surface area contributed by atoms with Gasteiger partial charge in [-0.1, -0.05) is 6.92 Å². The molecule has 0 aromatic rings. The average Bonchev–Trinajstić information content (AvgIpc) is 2.05. The van der Waals surface area contributed by atoms with Gasteiger partial charge in [-0.05, 0) is 6.54 Å². The van der Waals surface area contributed by atoms with Crippen molar-refractivity contribution in [1.82, 2.24) is 4.90 Å². The molecular weight excluding hydrogens is 128 g/mol. The summed E-state index contributed by atoms with van der Waals surface area (Å²) in [6, 6.07) is 0. The zero-order chi connectivity index (χ0) is 7.40. The van der Waals surface area contributed by atoms with E-state index < -0.39 is 0 Å². The lowest BCUT2D eigenvalue weighted by atomic mass is 10.3. The Labute approximate surface area is 62.1 Å². The van der Waals surface area contributed by atoms with Gasteiger partial charge in [-0.15, -0.1) is 0 Å². The van der Waals surface area contributed by atoms with Crippen LogP contribution in [0, 0.1) is 0 Å². The van der Waals surface area contributed by atoms with Gasteiger partial charge < -0.3 is 10.5 Å². The minimum atomic E-state index is 0.272. The number of ether oxygens (including phenoxy) is 1. The molecule has 0 aromatic carbocycles. The molecular formula is C7H16N2O. The molecule has 10 heavy (non-hydrogen) atoms. The number of likely N-dealkylation sites (N-methyl/N-ethyl adjacent to an activating group) is 1. The first-order valence-corrected chi connectivity index (χ1v) is 3.90. The summed E-state index contributed by atoms with van der Waals surface area (Å²) in [5.74, 6) is 0. The van der Waals surface area contributed by atoms with Crippen molar-refractivity contribution >= 4 is 0 Å². The van der Waals surface area contributed by atoms with Crippen molar-refractivity contribution in [2.24, 2.45) is 5.73 Å². The van der Waals surface area contributed by atoms with Gasteiger partial charge in [0.1, 0.15) is 0 Å². The third-order valence-electron chi connectivity index (χ3n) is 1.93. The van der Waals surface area contributed by atoms with Gasteiger partial charge in [0, 0.05) is 19.6 Å². The molecule has 0 radical (unpaired) electrons. The molecule has 0 unspecified atom stereocenters. The van der Waals surface area contributed by atoms with Crippen molar-refractivity contribution in [3.05, 3.63) is 0 Å². The van der Waals surface area contributed by atoms with E-state index in [4.69, 9.17) is 10.5 Å². The molecule has 1 rings (SSSR count). The van der Waals surface area contributed by atoms with Crippen LogP contribution in [0.5, 0.6) is 0 Å². The molecule has 1 aliphatic rings. The number of hydrogen-bond donors (Lipinski definition) is 1. The van der Waals surface area contributed by atoms with Crippen molar-refractivity contribution in [2.75, 3.05) is 32.8 Å². The van der Waals surface area contributed by atoms with Crippen LogP contribution in [0.3, 0.4) is 0 Å². The lowest BCUT2D eigenvalue weighted by Gasteiger charge is -2.31. The maximum atomic E-state index is 5.47. The summed E-state index contributed by atoms with van der Waals surface area (Å²) in [6.07, 6.45) is 0.272. The van der Waals surface area contributed by atoms with E-state index in [0.717, 1.165) is 26.2 Å². The van der Waals surface area contributed by atoms with E-state index in [1.165, 1.54) is 0 Å². The zero-order valence-electron chi connectivity index (χ0n) is 6.55. The van der Waals surface area contributed by atoms with Crippen LogP contribution in [-0.2, 0) is 4.74 Å². The first-order valence-electron chi connectivity index (χ1n) is 3.90. The van der Waals surface area contributed by atoms with Gasteiger partial charge in [0.25, 0.3) is 0 Å². The van der Waals surface area contributed by atoms with Crippen LogP contribution >= 0.6 is 0 Å². The third-order valence-corrected chi connectivity index (χ3v) is 1.93. The van der Waals surface area contributed by atoms with E-state index in [2.05, 4.69) is 11.8 Å². The minimum Gasteiger partial charge on any atom is -0.374 e. The van der Waals surface area contributed by atoms with Gasteiger partial charge in [-0.3, -0.25) is 4.90 Å². The van der Waals surface area contributed by atoms with Gasteiger partial charge in [0.05, 0.1) is 12.7 Å². The van der Waals surface area contributed by atoms with E-state index >= 15 is 0 Å². The van der Waals surface area contributed by atoms with Crippen molar-refractivity contribution in [2.45, 2.75) is 13.0 Å². The fourth-order valence-corrected chi connectivity index (χ4v) is 1.21. The quantitative estimate of drug-likeness (QED) is 0.576. The van der Waals surface area contributed by atoms with Crippen LogP contribution in [0.15, 0.2) is 0 Å². The molecule has 3 nitrogen and oxygen atoms in total. The second-order valence-corrected chi connectivity index (χ2v) is 2.62. The van der Waals surface area contributed by atoms with E-state index in [9.17, 15) is 0 Å². The van der Waals surface area contributed by atoms with Crippen LogP contribution in [0.1, 0.15) is 6.92 Å². The molecule has 1 fully saturated rings. The maximum Gasteiger partial charge on any atom is 0.0824 e. The Balaban J connectivity index is 2.25. The molecule has 0 bridgehead atoms. The number of nitrogens with zero attached hydrogens (tertiary/aromatic N) is 1. The van der Waals surface area contributed by atoms with Crippen LogP contribution < -0.4 is 5.73 Å². The summed E-state index contributed by atoms with van der Waals surface area (Å²) in [5.41, 5.74) is 5.47. The molecule has 1 atom stereocenters. The normalized spacial score (nSPS) is 28.8. The molecule has 1 saturated heterocycles. The minimum absolute atomic E-state index is 0.272. The summed E-state index contributed by atoms with van der Waals surface area (Å²) in [4.78, 5) is 2.36. The van der Waals surface area contributed by atoms with Crippen molar-refractivity contribution in [3.8, 4) is 0 Å². The highest BCUT2D eigenvalue weighted by Crippen LogP contribution is 2.02.